The standard InChI is InChI=1S/C12H13F3N2O4/c1-16-10(19)17-8-5-3-7(4-6-8)11(20,9(18)21-2)12(13,14)15/h3-6,20H,1-2H3,(H2,16,17,19)/t11-/m1/s1. The summed E-state index contributed by atoms with van der Waals surface area (Å²) in [6.45, 7) is 0. The first kappa shape index (κ1) is 16.8. The molecule has 1 aromatic carbocycles. The van der Waals surface area contributed by atoms with Gasteiger partial charge in [-0.2, -0.15) is 13.2 Å². The van der Waals surface area contributed by atoms with E-state index in [0.717, 1.165) is 31.4 Å². The van der Waals surface area contributed by atoms with Crippen LogP contribution < -0.4 is 10.6 Å². The van der Waals surface area contributed by atoms with Crippen LogP contribution in [0.4, 0.5) is 23.7 Å². The second-order valence-corrected chi connectivity index (χ2v) is 3.98. The van der Waals surface area contributed by atoms with Gasteiger partial charge in [0.15, 0.2) is 0 Å². The fourth-order valence-corrected chi connectivity index (χ4v) is 1.53. The van der Waals surface area contributed by atoms with Crippen LogP contribution in [0.3, 0.4) is 0 Å². The molecule has 0 saturated carbocycles. The van der Waals surface area contributed by atoms with Crippen LogP contribution in [0.5, 0.6) is 0 Å². The zero-order valence-electron chi connectivity index (χ0n) is 11.1. The molecular weight excluding hydrogens is 293 g/mol. The van der Waals surface area contributed by atoms with Crippen molar-refractivity contribution in [1.29, 1.82) is 0 Å². The molecule has 0 unspecified atom stereocenters. The van der Waals surface area contributed by atoms with Gasteiger partial charge >= 0.3 is 18.2 Å². The van der Waals surface area contributed by atoms with Crippen LogP contribution in [0.15, 0.2) is 24.3 Å². The first-order valence-electron chi connectivity index (χ1n) is 5.63. The van der Waals surface area contributed by atoms with Gasteiger partial charge in [-0.15, -0.1) is 0 Å². The Morgan fingerprint density at radius 3 is 2.10 bits per heavy atom. The fraction of sp³-hybridized carbons (Fsp3) is 0.333. The zero-order valence-corrected chi connectivity index (χ0v) is 11.1. The Labute approximate surface area is 117 Å². The Kier molecular flexibility index (Phi) is 4.79. The second-order valence-electron chi connectivity index (χ2n) is 3.98. The Morgan fingerprint density at radius 1 is 1.19 bits per heavy atom. The molecule has 0 radical (unpaired) electrons. The Balaban J connectivity index is 3.17. The number of carbonyl (C=O) groups is 2. The highest BCUT2D eigenvalue weighted by Crippen LogP contribution is 2.40. The monoisotopic (exact) mass is 306 g/mol. The van der Waals surface area contributed by atoms with Crippen molar-refractivity contribution in [2.45, 2.75) is 11.8 Å². The van der Waals surface area contributed by atoms with Gasteiger partial charge in [-0.05, 0) is 12.1 Å². The maximum atomic E-state index is 13.0. The minimum absolute atomic E-state index is 0.187. The number of hydrogen-bond acceptors (Lipinski definition) is 4. The van der Waals surface area contributed by atoms with Crippen LogP contribution in [0, 0.1) is 0 Å². The normalized spacial score (nSPS) is 14.0. The van der Waals surface area contributed by atoms with Crippen molar-refractivity contribution in [3.8, 4) is 0 Å². The number of ether oxygens (including phenoxy) is 1. The number of amides is 2. The number of nitrogens with one attached hydrogen (secondary N) is 2. The number of aliphatic hydroxyl groups is 1. The van der Waals surface area contributed by atoms with Crippen LogP contribution in [-0.4, -0.2) is 37.4 Å². The number of anilines is 1. The Hall–Kier alpha value is -2.29. The molecule has 2 amide bonds. The first-order chi connectivity index (χ1) is 9.66. The summed E-state index contributed by atoms with van der Waals surface area (Å²) in [6, 6.07) is 3.40. The SMILES string of the molecule is CNC(=O)Nc1ccc([C@@](O)(C(=O)OC)C(F)(F)F)cc1. The second kappa shape index (κ2) is 6.00. The van der Waals surface area contributed by atoms with Gasteiger partial charge < -0.3 is 20.5 Å². The maximum absolute atomic E-state index is 13.0. The van der Waals surface area contributed by atoms with Crippen molar-refractivity contribution >= 4 is 17.7 Å². The summed E-state index contributed by atoms with van der Waals surface area (Å²) < 4.78 is 42.9. The molecule has 1 aromatic rings. The molecule has 1 rings (SSSR count). The van der Waals surface area contributed by atoms with E-state index in [9.17, 15) is 27.9 Å². The highest BCUT2D eigenvalue weighted by molar-refractivity contribution is 5.89. The molecule has 0 saturated heterocycles. The van der Waals surface area contributed by atoms with Crippen molar-refractivity contribution in [3.05, 3.63) is 29.8 Å². The Morgan fingerprint density at radius 2 is 1.71 bits per heavy atom. The van der Waals surface area contributed by atoms with E-state index < -0.39 is 29.3 Å². The summed E-state index contributed by atoms with van der Waals surface area (Å²) in [4.78, 5) is 22.4. The van der Waals surface area contributed by atoms with E-state index in [0.29, 0.717) is 0 Å². The third-order valence-corrected chi connectivity index (χ3v) is 2.68. The van der Waals surface area contributed by atoms with Gasteiger partial charge in [0.25, 0.3) is 5.60 Å². The lowest BCUT2D eigenvalue weighted by Crippen LogP contribution is -2.49. The largest absolute Gasteiger partial charge is 0.466 e. The summed E-state index contributed by atoms with van der Waals surface area (Å²) in [5.74, 6) is -1.85. The molecule has 6 nitrogen and oxygen atoms in total. The average Bonchev–Trinajstić information content (AvgIpc) is 2.44. The zero-order chi connectivity index (χ0) is 16.3. The van der Waals surface area contributed by atoms with Gasteiger partial charge in [0.2, 0.25) is 0 Å². The predicted octanol–water partition coefficient (Wildman–Crippen LogP) is 1.36. The highest BCUT2D eigenvalue weighted by Gasteiger charge is 2.62. The number of methoxy groups -OCH3 is 1. The average molecular weight is 306 g/mol. The third kappa shape index (κ3) is 3.24. The molecule has 9 heteroatoms. The summed E-state index contributed by atoms with van der Waals surface area (Å²) in [5, 5.41) is 14.3. The van der Waals surface area contributed by atoms with Gasteiger partial charge in [0, 0.05) is 18.3 Å². The fourth-order valence-electron chi connectivity index (χ4n) is 1.53. The van der Waals surface area contributed by atoms with E-state index in [4.69, 9.17) is 0 Å². The number of esters is 1. The number of urea groups is 1. The number of hydrogen-bond donors (Lipinski definition) is 3. The smallest absolute Gasteiger partial charge is 0.432 e. The van der Waals surface area contributed by atoms with Crippen molar-refractivity contribution in [2.75, 3.05) is 19.5 Å². The van der Waals surface area contributed by atoms with Gasteiger partial charge in [-0.3, -0.25) is 0 Å². The summed E-state index contributed by atoms with van der Waals surface area (Å²) >= 11 is 0. The van der Waals surface area contributed by atoms with Gasteiger partial charge in [0.05, 0.1) is 7.11 Å². The Bertz CT molecular complexity index is 530. The number of rotatable bonds is 3. The molecule has 1 atom stereocenters. The van der Waals surface area contributed by atoms with Gasteiger partial charge in [0.1, 0.15) is 0 Å². The molecular formula is C12H13F3N2O4. The number of alkyl halides is 3. The molecule has 0 aliphatic heterocycles. The summed E-state index contributed by atoms with van der Waals surface area (Å²) in [7, 11) is 2.10. The molecule has 21 heavy (non-hydrogen) atoms. The number of benzene rings is 1. The van der Waals surface area contributed by atoms with Crippen LogP contribution in [-0.2, 0) is 15.1 Å². The van der Waals surface area contributed by atoms with E-state index in [1.165, 1.54) is 7.05 Å². The summed E-state index contributed by atoms with van der Waals surface area (Å²) in [5.41, 5.74) is -4.30. The lowest BCUT2D eigenvalue weighted by atomic mass is 9.93. The third-order valence-electron chi connectivity index (χ3n) is 2.68. The quantitative estimate of drug-likeness (QED) is 0.736. The van der Waals surface area contributed by atoms with Gasteiger partial charge in [-0.25, -0.2) is 9.59 Å². The lowest BCUT2D eigenvalue weighted by Gasteiger charge is -2.28. The molecule has 0 aliphatic carbocycles. The first-order valence-corrected chi connectivity index (χ1v) is 5.63. The molecule has 0 heterocycles. The summed E-state index contributed by atoms with van der Waals surface area (Å²) in [6.07, 6.45) is -5.25. The van der Waals surface area contributed by atoms with E-state index in [2.05, 4.69) is 15.4 Å². The lowest BCUT2D eigenvalue weighted by molar-refractivity contribution is -0.266. The van der Waals surface area contributed by atoms with Gasteiger partial charge in [-0.1, -0.05) is 12.1 Å². The minimum Gasteiger partial charge on any atom is -0.466 e. The van der Waals surface area contributed by atoms with Crippen LogP contribution in [0.2, 0.25) is 0 Å². The molecule has 0 aromatic heterocycles. The molecule has 3 N–H and O–H groups in total. The van der Waals surface area contributed by atoms with E-state index >= 15 is 0 Å². The van der Waals surface area contributed by atoms with E-state index in [-0.39, 0.29) is 5.69 Å². The molecule has 0 spiro atoms. The van der Waals surface area contributed by atoms with Crippen LogP contribution >= 0.6 is 0 Å². The number of carbonyl (C=O) groups excluding carboxylic acids is 2. The minimum atomic E-state index is -5.25. The topological polar surface area (TPSA) is 87.7 Å². The number of halogens is 3. The van der Waals surface area contributed by atoms with E-state index in [1.807, 2.05) is 0 Å². The molecule has 0 aliphatic rings. The molecule has 0 fully saturated rings. The van der Waals surface area contributed by atoms with Crippen molar-refractivity contribution in [1.82, 2.24) is 5.32 Å². The molecule has 0 bridgehead atoms. The highest BCUT2D eigenvalue weighted by atomic mass is 19.4. The van der Waals surface area contributed by atoms with Crippen LogP contribution in [0.1, 0.15) is 5.56 Å². The van der Waals surface area contributed by atoms with Crippen molar-refractivity contribution in [2.24, 2.45) is 0 Å². The molecule has 116 valence electrons. The van der Waals surface area contributed by atoms with Crippen LogP contribution in [0.25, 0.3) is 0 Å². The van der Waals surface area contributed by atoms with E-state index in [1.54, 1.807) is 0 Å². The van der Waals surface area contributed by atoms with Crippen molar-refractivity contribution in [3.63, 3.8) is 0 Å². The van der Waals surface area contributed by atoms with Crippen molar-refractivity contribution < 1.29 is 32.6 Å². The maximum Gasteiger partial charge on any atom is 0.432 e. The predicted molar refractivity (Wildman–Crippen MR) is 66.5 cm³/mol.